The van der Waals surface area contributed by atoms with Crippen LogP contribution in [0.3, 0.4) is 0 Å². The van der Waals surface area contributed by atoms with E-state index in [1.165, 1.54) is 0 Å². The molecular weight excluding hydrogens is 623 g/mol. The number of benzene rings is 5. The normalized spacial score (nSPS) is 11.1. The fourth-order valence-corrected chi connectivity index (χ4v) is 7.39. The van der Waals surface area contributed by atoms with Gasteiger partial charge in [-0.25, -0.2) is 4.57 Å². The van der Waals surface area contributed by atoms with Crippen LogP contribution in [0.1, 0.15) is 54.1 Å². The lowest BCUT2D eigenvalue weighted by Crippen LogP contribution is -2.17. The molecule has 7 nitrogen and oxygen atoms in total. The minimum Gasteiger partial charge on any atom is -0.497 e. The maximum Gasteiger partial charge on any atom is 0.462 e. The van der Waals surface area contributed by atoms with E-state index in [9.17, 15) is 14.2 Å². The van der Waals surface area contributed by atoms with Gasteiger partial charge < -0.3 is 18.5 Å². The third-order valence-electron chi connectivity index (χ3n) is 8.11. The SMILES string of the molecule is COc1ccc(CC(=O)c2cc(C)c(OP(=O)(Oc3c(C)cc(C(=O)Cc4ccc(OC)cc4)cc3C)c3ccccc3)c(C)c2)cc1. The molecule has 0 N–H and O–H groups in total. The molecule has 0 atom stereocenters. The molecule has 48 heavy (non-hydrogen) atoms. The Labute approximate surface area is 282 Å². The molecule has 0 aliphatic heterocycles. The Kier molecular flexibility index (Phi) is 10.5. The summed E-state index contributed by atoms with van der Waals surface area (Å²) >= 11 is 0. The van der Waals surface area contributed by atoms with E-state index in [4.69, 9.17) is 18.5 Å². The maximum absolute atomic E-state index is 14.8. The Balaban J connectivity index is 1.41. The van der Waals surface area contributed by atoms with Crippen LogP contribution in [0.5, 0.6) is 23.0 Å². The van der Waals surface area contributed by atoms with Gasteiger partial charge in [-0.2, -0.15) is 0 Å². The van der Waals surface area contributed by atoms with E-state index in [0.29, 0.717) is 50.2 Å². The van der Waals surface area contributed by atoms with E-state index in [0.717, 1.165) is 22.6 Å². The number of methoxy groups -OCH3 is 2. The highest BCUT2D eigenvalue weighted by Crippen LogP contribution is 2.50. The predicted octanol–water partition coefficient (Wildman–Crippen LogP) is 8.76. The van der Waals surface area contributed by atoms with Crippen molar-refractivity contribution < 1.29 is 32.7 Å². The Bertz CT molecular complexity index is 1810. The molecule has 0 heterocycles. The average molecular weight is 663 g/mol. The van der Waals surface area contributed by atoms with Crippen molar-refractivity contribution in [2.45, 2.75) is 40.5 Å². The van der Waals surface area contributed by atoms with Crippen molar-refractivity contribution in [3.63, 3.8) is 0 Å². The lowest BCUT2D eigenvalue weighted by atomic mass is 9.98. The minimum absolute atomic E-state index is 0.0479. The van der Waals surface area contributed by atoms with Gasteiger partial charge in [0.05, 0.1) is 19.5 Å². The molecule has 8 heteroatoms. The van der Waals surface area contributed by atoms with Crippen LogP contribution in [0.4, 0.5) is 0 Å². The summed E-state index contributed by atoms with van der Waals surface area (Å²) in [5.41, 5.74) is 5.42. The van der Waals surface area contributed by atoms with Crippen LogP contribution in [0.25, 0.3) is 0 Å². The Morgan fingerprint density at radius 1 is 0.542 bits per heavy atom. The monoisotopic (exact) mass is 662 g/mol. The number of Topliss-reactive ketones (excluding diaryl/α,β-unsaturated/α-hetero) is 2. The predicted molar refractivity (Wildman–Crippen MR) is 189 cm³/mol. The quantitative estimate of drug-likeness (QED) is 0.0920. The van der Waals surface area contributed by atoms with Crippen molar-refractivity contribution in [3.05, 3.63) is 148 Å². The highest BCUT2D eigenvalue weighted by atomic mass is 31.2. The van der Waals surface area contributed by atoms with Crippen molar-refractivity contribution in [1.29, 1.82) is 0 Å². The summed E-state index contributed by atoms with van der Waals surface area (Å²) in [5, 5.41) is 0.377. The smallest absolute Gasteiger partial charge is 0.462 e. The highest BCUT2D eigenvalue weighted by molar-refractivity contribution is 7.63. The molecule has 5 aromatic carbocycles. The number of hydrogen-bond acceptors (Lipinski definition) is 7. The van der Waals surface area contributed by atoms with E-state index in [1.807, 2.05) is 82.3 Å². The first-order valence-corrected chi connectivity index (χ1v) is 17.1. The van der Waals surface area contributed by atoms with Gasteiger partial charge >= 0.3 is 7.60 Å². The van der Waals surface area contributed by atoms with Crippen LogP contribution in [0.2, 0.25) is 0 Å². The molecule has 0 saturated carbocycles. The van der Waals surface area contributed by atoms with Gasteiger partial charge in [0.25, 0.3) is 0 Å². The second kappa shape index (κ2) is 14.7. The van der Waals surface area contributed by atoms with Crippen molar-refractivity contribution in [2.75, 3.05) is 14.2 Å². The fourth-order valence-electron chi connectivity index (χ4n) is 5.55. The van der Waals surface area contributed by atoms with Crippen LogP contribution < -0.4 is 23.8 Å². The number of carbonyl (C=O) groups is 2. The number of aryl methyl sites for hydroxylation is 4. The summed E-state index contributed by atoms with van der Waals surface area (Å²) in [5.74, 6) is 2.11. The van der Waals surface area contributed by atoms with Crippen molar-refractivity contribution >= 4 is 24.5 Å². The second-order valence-corrected chi connectivity index (χ2v) is 13.7. The van der Waals surface area contributed by atoms with Crippen molar-refractivity contribution in [3.8, 4) is 23.0 Å². The van der Waals surface area contributed by atoms with E-state index < -0.39 is 7.60 Å². The van der Waals surface area contributed by atoms with Crippen LogP contribution >= 0.6 is 7.60 Å². The summed E-state index contributed by atoms with van der Waals surface area (Å²) in [6.07, 6.45) is 0.456. The summed E-state index contributed by atoms with van der Waals surface area (Å²) in [4.78, 5) is 26.5. The Morgan fingerprint density at radius 2 is 0.896 bits per heavy atom. The summed E-state index contributed by atoms with van der Waals surface area (Å²) in [6.45, 7) is 7.28. The molecule has 0 unspecified atom stereocenters. The molecule has 0 aliphatic carbocycles. The third kappa shape index (κ3) is 7.87. The van der Waals surface area contributed by atoms with E-state index in [1.54, 1.807) is 62.8 Å². The first-order chi connectivity index (χ1) is 23.0. The first-order valence-electron chi connectivity index (χ1n) is 15.6. The summed E-state index contributed by atoms with van der Waals surface area (Å²) < 4.78 is 37.9. The zero-order valence-corrected chi connectivity index (χ0v) is 28.9. The van der Waals surface area contributed by atoms with Gasteiger partial charge in [0.1, 0.15) is 23.0 Å². The topological polar surface area (TPSA) is 88.1 Å². The first kappa shape index (κ1) is 34.2. The molecule has 5 rings (SSSR count). The third-order valence-corrected chi connectivity index (χ3v) is 9.88. The number of carbonyl (C=O) groups excluding carboxylic acids is 2. The number of hydrogen-bond donors (Lipinski definition) is 0. The number of rotatable bonds is 13. The summed E-state index contributed by atoms with van der Waals surface area (Å²) in [6, 6.07) is 30.6. The highest BCUT2D eigenvalue weighted by Gasteiger charge is 2.34. The maximum atomic E-state index is 14.8. The van der Waals surface area contributed by atoms with Crippen LogP contribution in [-0.4, -0.2) is 25.8 Å². The van der Waals surface area contributed by atoms with Gasteiger partial charge in [-0.3, -0.25) is 9.59 Å². The second-order valence-electron chi connectivity index (χ2n) is 11.8. The summed E-state index contributed by atoms with van der Waals surface area (Å²) in [7, 11) is -0.818. The van der Waals surface area contributed by atoms with Gasteiger partial charge in [-0.15, -0.1) is 0 Å². The van der Waals surface area contributed by atoms with Gasteiger partial charge in [0.2, 0.25) is 0 Å². The molecule has 5 aromatic rings. The molecule has 0 spiro atoms. The van der Waals surface area contributed by atoms with Crippen LogP contribution in [0, 0.1) is 27.7 Å². The number of ether oxygens (including phenoxy) is 2. The van der Waals surface area contributed by atoms with Gasteiger partial charge in [0.15, 0.2) is 11.6 Å². The van der Waals surface area contributed by atoms with Gasteiger partial charge in [-0.05, 0) is 122 Å². The Hall–Kier alpha value is -5.13. The number of ketones is 2. The lowest BCUT2D eigenvalue weighted by molar-refractivity contribution is 0.0984. The molecule has 0 aliphatic rings. The standard InChI is InChI=1S/C40H39O7P/c1-26-20-32(37(41)24-30-12-16-34(44-5)17-13-30)21-27(2)39(26)46-48(43,36-10-8-7-9-11-36)47-40-28(3)22-33(23-29(40)4)38(42)25-31-14-18-35(45-6)19-15-31/h7-23H,24-25H2,1-6H3. The van der Waals surface area contributed by atoms with E-state index in [-0.39, 0.29) is 24.4 Å². The van der Waals surface area contributed by atoms with Gasteiger partial charge in [0, 0.05) is 24.0 Å². The molecule has 0 aromatic heterocycles. The molecule has 0 fully saturated rings. The van der Waals surface area contributed by atoms with E-state index in [2.05, 4.69) is 0 Å². The minimum atomic E-state index is -4.02. The zero-order chi connectivity index (χ0) is 34.4. The Morgan fingerprint density at radius 3 is 1.23 bits per heavy atom. The molecule has 246 valence electrons. The van der Waals surface area contributed by atoms with Crippen molar-refractivity contribution in [1.82, 2.24) is 0 Å². The molecule has 0 bridgehead atoms. The molecular formula is C40H39O7P. The van der Waals surface area contributed by atoms with Crippen LogP contribution in [0.15, 0.2) is 103 Å². The van der Waals surface area contributed by atoms with E-state index >= 15 is 0 Å². The van der Waals surface area contributed by atoms with Crippen molar-refractivity contribution in [2.24, 2.45) is 0 Å². The zero-order valence-electron chi connectivity index (χ0n) is 28.0. The van der Waals surface area contributed by atoms with Gasteiger partial charge in [-0.1, -0.05) is 42.5 Å². The molecule has 0 radical (unpaired) electrons. The molecule has 0 saturated heterocycles. The lowest BCUT2D eigenvalue weighted by Gasteiger charge is -2.24. The molecule has 0 amide bonds. The fraction of sp³-hybridized carbons (Fsp3) is 0.200. The average Bonchev–Trinajstić information content (AvgIpc) is 3.09. The van der Waals surface area contributed by atoms with Crippen LogP contribution in [-0.2, 0) is 17.4 Å². The largest absolute Gasteiger partial charge is 0.497 e.